The van der Waals surface area contributed by atoms with Gasteiger partial charge in [-0.15, -0.1) is 11.3 Å². The van der Waals surface area contributed by atoms with Gasteiger partial charge >= 0.3 is 0 Å². The molecule has 0 saturated heterocycles. The first kappa shape index (κ1) is 17.4. The number of aryl methyl sites for hydroxylation is 1. The lowest BCUT2D eigenvalue weighted by atomic mass is 9.86. The number of rotatable bonds is 4. The number of nitrogens with zero attached hydrogens (tertiary/aromatic N) is 1. The monoisotopic (exact) mass is 359 g/mol. The molecule has 2 aromatic rings. The van der Waals surface area contributed by atoms with E-state index < -0.39 is 0 Å². The van der Waals surface area contributed by atoms with Crippen molar-refractivity contribution < 1.29 is 0 Å². The topological polar surface area (TPSA) is 37.0 Å². The molecule has 1 saturated carbocycles. The van der Waals surface area contributed by atoms with Crippen molar-refractivity contribution in [3.05, 3.63) is 40.2 Å². The van der Waals surface area contributed by atoms with E-state index in [0.717, 1.165) is 22.4 Å². The smallest absolute Gasteiger partial charge is 0.166 e. The van der Waals surface area contributed by atoms with Crippen molar-refractivity contribution in [1.82, 2.24) is 15.6 Å². The molecule has 0 amide bonds. The minimum absolute atomic E-state index is 0.522. The highest BCUT2D eigenvalue weighted by atomic mass is 32.1. The minimum atomic E-state index is 0.522. The maximum absolute atomic E-state index is 5.46. The van der Waals surface area contributed by atoms with Gasteiger partial charge in [0.05, 0.1) is 10.7 Å². The van der Waals surface area contributed by atoms with Crippen molar-refractivity contribution in [2.45, 2.75) is 52.1 Å². The quantitative estimate of drug-likeness (QED) is 0.779. The van der Waals surface area contributed by atoms with Gasteiger partial charge in [0, 0.05) is 23.5 Å². The van der Waals surface area contributed by atoms with Crippen LogP contribution in [0.15, 0.2) is 29.6 Å². The Balaban J connectivity index is 1.50. The molecule has 1 aliphatic carbocycles. The Bertz CT molecular complexity index is 678. The number of aromatic nitrogens is 1. The Morgan fingerprint density at radius 3 is 2.67 bits per heavy atom. The van der Waals surface area contributed by atoms with Gasteiger partial charge in [0.25, 0.3) is 0 Å². The predicted molar refractivity (Wildman–Crippen MR) is 106 cm³/mol. The summed E-state index contributed by atoms with van der Waals surface area (Å²) in [6, 6.07) is 9.07. The molecule has 2 N–H and O–H groups in total. The van der Waals surface area contributed by atoms with Crippen molar-refractivity contribution in [3.8, 4) is 11.3 Å². The summed E-state index contributed by atoms with van der Waals surface area (Å²) in [6.07, 6.45) is 5.19. The molecule has 1 heterocycles. The summed E-state index contributed by atoms with van der Waals surface area (Å²) >= 11 is 7.15. The molecule has 0 spiro atoms. The van der Waals surface area contributed by atoms with E-state index >= 15 is 0 Å². The van der Waals surface area contributed by atoms with Gasteiger partial charge in [0.2, 0.25) is 0 Å². The summed E-state index contributed by atoms with van der Waals surface area (Å²) < 4.78 is 0. The molecule has 128 valence electrons. The van der Waals surface area contributed by atoms with Gasteiger partial charge < -0.3 is 10.6 Å². The average Bonchev–Trinajstić information content (AvgIpc) is 3.02. The van der Waals surface area contributed by atoms with E-state index in [-0.39, 0.29) is 0 Å². The Kier molecular flexibility index (Phi) is 5.85. The van der Waals surface area contributed by atoms with Crippen LogP contribution in [0.25, 0.3) is 11.3 Å². The molecular weight excluding hydrogens is 334 g/mol. The first-order valence-corrected chi connectivity index (χ1v) is 9.96. The average molecular weight is 360 g/mol. The zero-order valence-electron chi connectivity index (χ0n) is 14.3. The highest BCUT2D eigenvalue weighted by Gasteiger charge is 2.21. The zero-order valence-corrected chi connectivity index (χ0v) is 16.0. The number of hydrogen-bond donors (Lipinski definition) is 2. The largest absolute Gasteiger partial charge is 0.360 e. The number of hydrogen-bond acceptors (Lipinski definition) is 3. The van der Waals surface area contributed by atoms with Gasteiger partial charge in [0.1, 0.15) is 0 Å². The molecule has 0 unspecified atom stereocenters. The van der Waals surface area contributed by atoms with Gasteiger partial charge in [-0.3, -0.25) is 0 Å². The van der Waals surface area contributed by atoms with Crippen LogP contribution in [0.3, 0.4) is 0 Å². The van der Waals surface area contributed by atoms with Crippen molar-refractivity contribution in [2.24, 2.45) is 5.92 Å². The first-order valence-electron chi connectivity index (χ1n) is 8.67. The number of nitrogens with one attached hydrogen (secondary N) is 2. The summed E-state index contributed by atoms with van der Waals surface area (Å²) in [4.78, 5) is 4.53. The lowest BCUT2D eigenvalue weighted by molar-refractivity contribution is 0.308. The van der Waals surface area contributed by atoms with Crippen LogP contribution in [0.1, 0.15) is 43.2 Å². The van der Waals surface area contributed by atoms with E-state index in [0.29, 0.717) is 12.0 Å². The Morgan fingerprint density at radius 1 is 1.25 bits per heavy atom. The molecule has 5 heteroatoms. The van der Waals surface area contributed by atoms with Crippen LogP contribution in [0.2, 0.25) is 0 Å². The van der Waals surface area contributed by atoms with Gasteiger partial charge in [-0.2, -0.15) is 0 Å². The van der Waals surface area contributed by atoms with E-state index in [4.69, 9.17) is 12.2 Å². The second-order valence-corrected chi connectivity index (χ2v) is 8.11. The highest BCUT2D eigenvalue weighted by molar-refractivity contribution is 7.80. The fourth-order valence-electron chi connectivity index (χ4n) is 3.22. The maximum Gasteiger partial charge on any atom is 0.166 e. The highest BCUT2D eigenvalue weighted by Crippen LogP contribution is 2.24. The molecule has 3 rings (SSSR count). The predicted octanol–water partition coefficient (Wildman–Crippen LogP) is 4.66. The third-order valence-corrected chi connectivity index (χ3v) is 5.79. The molecule has 1 aliphatic rings. The molecule has 2 atom stereocenters. The summed E-state index contributed by atoms with van der Waals surface area (Å²) in [7, 11) is 0. The van der Waals surface area contributed by atoms with E-state index in [1.807, 2.05) is 6.92 Å². The maximum atomic E-state index is 5.46. The van der Waals surface area contributed by atoms with Gasteiger partial charge in [-0.05, 0) is 43.5 Å². The standard InChI is InChI=1S/C19H25N3S2/c1-13-5-3-4-6-17(13)22-19(23)20-11-15-7-9-16(10-8-15)18-12-24-14(2)21-18/h7-10,12-13,17H,3-6,11H2,1-2H3,(H2,20,22,23)/t13-,17-/m0/s1. The summed E-state index contributed by atoms with van der Waals surface area (Å²) in [5.41, 5.74) is 3.45. The molecule has 24 heavy (non-hydrogen) atoms. The Hall–Kier alpha value is -1.46. The molecule has 3 nitrogen and oxygen atoms in total. The fourth-order valence-corrected chi connectivity index (χ4v) is 4.07. The fraction of sp³-hybridized carbons (Fsp3) is 0.474. The Morgan fingerprint density at radius 2 is 2.00 bits per heavy atom. The van der Waals surface area contributed by atoms with Gasteiger partial charge in [0.15, 0.2) is 5.11 Å². The molecular formula is C19H25N3S2. The van der Waals surface area contributed by atoms with Crippen molar-refractivity contribution >= 4 is 28.7 Å². The van der Waals surface area contributed by atoms with Crippen LogP contribution in [-0.4, -0.2) is 16.1 Å². The SMILES string of the molecule is Cc1nc(-c2ccc(CNC(=S)N[C@H]3CCCC[C@@H]3C)cc2)cs1. The van der Waals surface area contributed by atoms with Crippen LogP contribution in [0, 0.1) is 12.8 Å². The molecule has 1 fully saturated rings. The summed E-state index contributed by atoms with van der Waals surface area (Å²) in [5.74, 6) is 0.708. The second-order valence-electron chi connectivity index (χ2n) is 6.64. The Labute approximate surface area is 153 Å². The van der Waals surface area contributed by atoms with Gasteiger partial charge in [-0.1, -0.05) is 44.0 Å². The first-order chi connectivity index (χ1) is 11.6. The lowest BCUT2D eigenvalue weighted by Crippen LogP contribution is -2.45. The second kappa shape index (κ2) is 8.08. The van der Waals surface area contributed by atoms with Crippen molar-refractivity contribution in [1.29, 1.82) is 0 Å². The van der Waals surface area contributed by atoms with Crippen LogP contribution in [0.4, 0.5) is 0 Å². The van der Waals surface area contributed by atoms with Crippen LogP contribution < -0.4 is 10.6 Å². The van der Waals surface area contributed by atoms with Crippen LogP contribution in [-0.2, 0) is 6.54 Å². The lowest BCUT2D eigenvalue weighted by Gasteiger charge is -2.30. The van der Waals surface area contributed by atoms with E-state index in [1.54, 1.807) is 11.3 Å². The molecule has 0 aliphatic heterocycles. The van der Waals surface area contributed by atoms with E-state index in [9.17, 15) is 0 Å². The third kappa shape index (κ3) is 4.54. The molecule has 1 aromatic carbocycles. The van der Waals surface area contributed by atoms with E-state index in [1.165, 1.54) is 36.8 Å². The molecule has 1 aromatic heterocycles. The van der Waals surface area contributed by atoms with Crippen LogP contribution in [0.5, 0.6) is 0 Å². The van der Waals surface area contributed by atoms with E-state index in [2.05, 4.69) is 52.2 Å². The minimum Gasteiger partial charge on any atom is -0.360 e. The van der Waals surface area contributed by atoms with Gasteiger partial charge in [-0.25, -0.2) is 4.98 Å². The number of thiazole rings is 1. The summed E-state index contributed by atoms with van der Waals surface area (Å²) in [6.45, 7) is 5.11. The van der Waals surface area contributed by atoms with Crippen LogP contribution >= 0.6 is 23.6 Å². The molecule has 0 bridgehead atoms. The zero-order chi connectivity index (χ0) is 16.9. The summed E-state index contributed by atoms with van der Waals surface area (Å²) in [5, 5.41) is 10.8. The number of benzene rings is 1. The number of thiocarbonyl (C=S) groups is 1. The van der Waals surface area contributed by atoms with Crippen molar-refractivity contribution in [3.63, 3.8) is 0 Å². The normalized spacial score (nSPS) is 20.6. The molecule has 0 radical (unpaired) electrons. The van der Waals surface area contributed by atoms with Crippen molar-refractivity contribution in [2.75, 3.05) is 0 Å². The third-order valence-electron chi connectivity index (χ3n) is 4.75.